The third kappa shape index (κ3) is 5.29. The quantitative estimate of drug-likeness (QED) is 0.258. The van der Waals surface area contributed by atoms with E-state index in [1.54, 1.807) is 3.28 Å². The Labute approximate surface area is 209 Å². The van der Waals surface area contributed by atoms with Crippen molar-refractivity contribution in [2.45, 2.75) is 39.0 Å². The average Bonchev–Trinajstić information content (AvgIpc) is 3.28. The molecule has 2 aliphatic rings. The molecule has 0 atom stereocenters. The topological polar surface area (TPSA) is 18.5 Å². The molecule has 0 heterocycles. The van der Waals surface area contributed by atoms with Gasteiger partial charge >= 0.3 is 186 Å². The number of rotatable bonds is 7. The van der Waals surface area contributed by atoms with Crippen LogP contribution in [0.1, 0.15) is 21.2 Å². The Balaban J connectivity index is 0.00000181. The molecule has 0 fully saturated rings. The van der Waals surface area contributed by atoms with Crippen molar-refractivity contribution in [1.29, 1.82) is 0 Å². The van der Waals surface area contributed by atoms with E-state index in [4.69, 9.17) is 9.16 Å². The summed E-state index contributed by atoms with van der Waals surface area (Å²) in [6.07, 6.45) is 5.54. The molecule has 32 heavy (non-hydrogen) atoms. The first-order valence-electron chi connectivity index (χ1n) is 11.0. The van der Waals surface area contributed by atoms with Gasteiger partial charge in [0.05, 0.1) is 0 Å². The normalized spacial score (nSPS) is 15.7. The van der Waals surface area contributed by atoms with Gasteiger partial charge < -0.3 is 0 Å². The number of ether oxygens (including phenoxy) is 1. The second-order valence-electron chi connectivity index (χ2n) is 10.7. The van der Waals surface area contributed by atoms with Gasteiger partial charge in [0, 0.05) is 0 Å². The van der Waals surface area contributed by atoms with E-state index in [0.29, 0.717) is 16.8 Å². The number of halogens is 2. The number of benzene rings is 2. The summed E-state index contributed by atoms with van der Waals surface area (Å²) in [5, 5.41) is 0. The van der Waals surface area contributed by atoms with Crippen LogP contribution in [0.5, 0.6) is 0 Å². The largest absolute Gasteiger partial charge is 0.147 e. The summed E-state index contributed by atoms with van der Waals surface area (Å²) >= 11 is -3.42. The van der Waals surface area contributed by atoms with Crippen molar-refractivity contribution in [1.82, 2.24) is 0 Å². The van der Waals surface area contributed by atoms with E-state index < -0.39 is 25.7 Å². The molecule has 174 valence electrons. The van der Waals surface area contributed by atoms with Gasteiger partial charge in [-0.1, -0.05) is 0 Å². The van der Waals surface area contributed by atoms with E-state index in [-0.39, 0.29) is 24.8 Å². The third-order valence-electron chi connectivity index (χ3n) is 6.52. The van der Waals surface area contributed by atoms with E-state index >= 15 is 0 Å². The van der Waals surface area contributed by atoms with Gasteiger partial charge in [-0.05, 0) is 0 Å². The zero-order chi connectivity index (χ0) is 21.6. The summed E-state index contributed by atoms with van der Waals surface area (Å²) in [5.41, 5.74) is 5.88. The predicted octanol–water partition coefficient (Wildman–Crippen LogP) is 6.97. The molecule has 2 aromatic carbocycles. The second kappa shape index (κ2) is 10.1. The van der Waals surface area contributed by atoms with E-state index in [1.807, 2.05) is 0 Å². The number of fused-ring (bicyclic) bond motifs is 3. The Hall–Kier alpha value is -0.423. The molecule has 0 amide bonds. The maximum atomic E-state index is 6.34. The van der Waals surface area contributed by atoms with Gasteiger partial charge in [-0.3, -0.25) is 0 Å². The Bertz CT molecular complexity index is 1070. The van der Waals surface area contributed by atoms with Gasteiger partial charge in [0.1, 0.15) is 0 Å². The van der Waals surface area contributed by atoms with E-state index in [2.05, 4.69) is 96.5 Å². The van der Waals surface area contributed by atoms with Gasteiger partial charge in [-0.2, -0.15) is 0 Å². The second-order valence-corrected chi connectivity index (χ2v) is 44.8. The molecular formula is C25H36Cl2O2Si2Zr. The van der Waals surface area contributed by atoms with Crippen LogP contribution in [-0.4, -0.2) is 28.4 Å². The van der Waals surface area contributed by atoms with Crippen molar-refractivity contribution in [3.63, 3.8) is 0 Å². The molecule has 2 aromatic rings. The Kier molecular flexibility index (Phi) is 8.74. The van der Waals surface area contributed by atoms with Crippen molar-refractivity contribution in [2.24, 2.45) is 0 Å². The van der Waals surface area contributed by atoms with Gasteiger partial charge in [0.15, 0.2) is 0 Å². The minimum absolute atomic E-state index is 0. The van der Waals surface area contributed by atoms with Crippen LogP contribution in [-0.2, 0) is 26.6 Å². The molecule has 2 aliphatic carbocycles. The van der Waals surface area contributed by atoms with E-state index in [0.717, 1.165) is 12.2 Å². The summed E-state index contributed by atoms with van der Waals surface area (Å²) in [7, 11) is -1.50. The average molecular weight is 587 g/mol. The molecule has 2 nitrogen and oxygen atoms in total. The van der Waals surface area contributed by atoms with Crippen molar-refractivity contribution in [3.8, 4) is 11.1 Å². The fraction of sp³-hybridized carbons (Fsp3) is 0.360. The minimum Gasteiger partial charge on any atom is -0.147 e. The van der Waals surface area contributed by atoms with Crippen molar-refractivity contribution in [2.75, 3.05) is 13.2 Å². The SMILES string of the molecule is C[Si](C)(C)OCCOC1=[C]([Zr]([CH3])([CH3])(=[SiH2])[CH]2c3ccccc3-c3ccccc32)CC=C1.Cl.Cl. The number of allylic oxidation sites excluding steroid dienone is 3. The third-order valence-corrected chi connectivity index (χ3v) is 24.6. The Morgan fingerprint density at radius 1 is 0.906 bits per heavy atom. The summed E-state index contributed by atoms with van der Waals surface area (Å²) in [6, 6.07) is 18.1. The first-order valence-corrected chi connectivity index (χ1v) is 27.9. The molecule has 0 N–H and O–H groups in total. The van der Waals surface area contributed by atoms with E-state index in [9.17, 15) is 0 Å². The Morgan fingerprint density at radius 2 is 1.44 bits per heavy atom. The van der Waals surface area contributed by atoms with Crippen molar-refractivity contribution in [3.05, 3.63) is 80.9 Å². The Morgan fingerprint density at radius 3 is 1.97 bits per heavy atom. The first-order chi connectivity index (χ1) is 14.1. The molecular weight excluding hydrogens is 551 g/mol. The molecule has 0 saturated carbocycles. The van der Waals surface area contributed by atoms with Crippen molar-refractivity contribution < 1.29 is 26.6 Å². The van der Waals surface area contributed by atoms with E-state index in [1.165, 1.54) is 22.3 Å². The molecule has 7 heteroatoms. The molecule has 4 rings (SSSR count). The zero-order valence-corrected chi connectivity index (χ0v) is 26.3. The maximum absolute atomic E-state index is 6.34. The maximum Gasteiger partial charge on any atom is -0.147 e. The van der Waals surface area contributed by atoms with Crippen LogP contribution in [0.4, 0.5) is 0 Å². The molecule has 0 saturated heterocycles. The molecule has 0 spiro atoms. The van der Waals surface area contributed by atoms with Crippen LogP contribution in [0.3, 0.4) is 0 Å². The van der Waals surface area contributed by atoms with Crippen LogP contribution < -0.4 is 0 Å². The summed E-state index contributed by atoms with van der Waals surface area (Å²) in [4.78, 5) is 0. The molecule has 0 aliphatic heterocycles. The summed E-state index contributed by atoms with van der Waals surface area (Å²) in [6.45, 7) is 10.3. The fourth-order valence-electron chi connectivity index (χ4n) is 5.19. The number of hydrogen-bond acceptors (Lipinski definition) is 2. The van der Waals surface area contributed by atoms with Crippen LogP contribution in [0.2, 0.25) is 28.9 Å². The molecule has 0 radical (unpaired) electrons. The monoisotopic (exact) mass is 584 g/mol. The smallest absolute Gasteiger partial charge is 0.147 e. The summed E-state index contributed by atoms with van der Waals surface area (Å²) in [5.74, 6) is 1.13. The number of hydrogen-bond donors (Lipinski definition) is 0. The van der Waals surface area contributed by atoms with Crippen LogP contribution in [0.25, 0.3) is 11.1 Å². The zero-order valence-electron chi connectivity index (χ0n) is 19.8. The standard InChI is InChI=1S/C13H9.C10H17O2Si.2CH3.2ClH.H2Si.Zr/c1-3-7-12-10(5-1)9-11-6-2-4-8-13(11)12;1-13(2,3)12-9-8-11-10-6-4-5-7-10;;;;;;/h1-9H;4,6H,5,8-9H2,1-3H3;2*1H3;2*1H;1H2;. The fourth-order valence-corrected chi connectivity index (χ4v) is 21.7. The van der Waals surface area contributed by atoms with Crippen LogP contribution in [0, 0.1) is 0 Å². The predicted molar refractivity (Wildman–Crippen MR) is 145 cm³/mol. The van der Waals surface area contributed by atoms with Crippen LogP contribution in [0.15, 0.2) is 69.7 Å². The van der Waals surface area contributed by atoms with Gasteiger partial charge in [0.2, 0.25) is 0 Å². The van der Waals surface area contributed by atoms with Gasteiger partial charge in [0.25, 0.3) is 0 Å². The van der Waals surface area contributed by atoms with Crippen LogP contribution >= 0.6 is 24.8 Å². The van der Waals surface area contributed by atoms with Crippen molar-refractivity contribution >= 4 is 40.0 Å². The molecule has 0 unspecified atom stereocenters. The molecule has 0 bridgehead atoms. The minimum atomic E-state index is -3.42. The summed E-state index contributed by atoms with van der Waals surface area (Å²) < 4.78 is 19.7. The van der Waals surface area contributed by atoms with Gasteiger partial charge in [-0.15, -0.1) is 24.8 Å². The van der Waals surface area contributed by atoms with Gasteiger partial charge in [-0.25, -0.2) is 0 Å². The molecule has 0 aromatic heterocycles. The first kappa shape index (κ1) is 27.8.